The van der Waals surface area contributed by atoms with E-state index in [1.54, 1.807) is 0 Å². The quantitative estimate of drug-likeness (QED) is 0.214. The Balaban J connectivity index is -0.000000107. The first kappa shape index (κ1) is 17.9. The van der Waals surface area contributed by atoms with Gasteiger partial charge in [-0.2, -0.15) is 12.6 Å². The summed E-state index contributed by atoms with van der Waals surface area (Å²) in [4.78, 5) is 15.4. The molecule has 64 valence electrons. The number of halogens is 1. The van der Waals surface area contributed by atoms with Crippen molar-refractivity contribution < 1.29 is 65.6 Å². The number of hydrogen-bond donors (Lipinski definition) is 3. The van der Waals surface area contributed by atoms with Crippen LogP contribution in [0.5, 0.6) is 0 Å². The standard InChI is InChI=1S/FH2O3P.Na.H2O4S/c1-5(2,3)4;;1-5(2,3)4/h(H2,2,3,4);;(H2,1,2,3,4)/q;+1;/p-1. The first-order valence-corrected chi connectivity index (χ1v) is 4.30. The predicted octanol–water partition coefficient (Wildman–Crippen LogP) is -4.23. The van der Waals surface area contributed by atoms with Gasteiger partial charge in [0.1, 0.15) is 0 Å². The van der Waals surface area contributed by atoms with Gasteiger partial charge >= 0.3 is 47.9 Å². The van der Waals surface area contributed by atoms with Crippen molar-refractivity contribution in [3.63, 3.8) is 0 Å². The molecular formula is H3FNaO7PS. The van der Waals surface area contributed by atoms with Gasteiger partial charge in [0, 0.05) is 0 Å². The third kappa shape index (κ3) is 972. The van der Waals surface area contributed by atoms with Gasteiger partial charge in [-0.1, -0.05) is 0 Å². The van der Waals surface area contributed by atoms with E-state index in [1.807, 2.05) is 0 Å². The Morgan fingerprint density at radius 1 is 1.36 bits per heavy atom. The summed E-state index contributed by atoms with van der Waals surface area (Å²) in [5, 5.41) is 0. The van der Waals surface area contributed by atoms with Crippen molar-refractivity contribution in [1.29, 1.82) is 0 Å². The minimum absolute atomic E-state index is 0. The predicted molar refractivity (Wildman–Crippen MR) is 25.1 cm³/mol. The van der Waals surface area contributed by atoms with Crippen molar-refractivity contribution in [3.8, 4) is 0 Å². The van der Waals surface area contributed by atoms with Gasteiger partial charge in [-0.15, -0.1) is 0 Å². The summed E-state index contributed by atoms with van der Waals surface area (Å²) >= 11 is 0. The molecule has 11 heavy (non-hydrogen) atoms. The molecule has 11 heteroatoms. The van der Waals surface area contributed by atoms with Crippen LogP contribution in [0.25, 0.3) is 0 Å². The molecule has 0 fully saturated rings. The van der Waals surface area contributed by atoms with Crippen LogP contribution in [-0.4, -0.2) is 22.4 Å². The zero-order valence-electron chi connectivity index (χ0n) is 5.21. The molecule has 1 unspecified atom stereocenters. The molecule has 0 radical (unpaired) electrons. The Bertz CT molecular complexity index is 196. The van der Waals surface area contributed by atoms with Gasteiger partial charge in [0.15, 0.2) is 0 Å². The molecule has 1 atom stereocenters. The minimum Gasteiger partial charge on any atom is -0.753 e. The van der Waals surface area contributed by atoms with Crippen LogP contribution in [-0.2, 0) is 15.0 Å². The molecule has 0 aromatic heterocycles. The fourth-order valence-electron chi connectivity index (χ4n) is 0. The Kier molecular flexibility index (Phi) is 10.5. The molecule has 0 heterocycles. The van der Waals surface area contributed by atoms with E-state index < -0.39 is 18.3 Å². The summed E-state index contributed by atoms with van der Waals surface area (Å²) in [5.74, 6) is 0. The number of hydrogen-bond acceptors (Lipinski definition) is 4. The average molecular weight is 220 g/mol. The minimum atomic E-state index is -5.39. The maximum absolute atomic E-state index is 10.2. The van der Waals surface area contributed by atoms with Gasteiger partial charge in [0.2, 0.25) is 0 Å². The van der Waals surface area contributed by atoms with E-state index in [4.69, 9.17) is 31.9 Å². The van der Waals surface area contributed by atoms with Crippen molar-refractivity contribution in [2.45, 2.75) is 0 Å². The maximum atomic E-state index is 10.2. The first-order valence-electron chi connectivity index (χ1n) is 1.43. The molecule has 0 bridgehead atoms. The van der Waals surface area contributed by atoms with E-state index in [0.717, 1.165) is 0 Å². The van der Waals surface area contributed by atoms with Gasteiger partial charge in [0.25, 0.3) is 0 Å². The smallest absolute Gasteiger partial charge is 0.753 e. The van der Waals surface area contributed by atoms with Crippen molar-refractivity contribution in [3.05, 3.63) is 0 Å². The zero-order valence-corrected chi connectivity index (χ0v) is 8.92. The second-order valence-corrected chi connectivity index (χ2v) is 2.70. The second-order valence-electron chi connectivity index (χ2n) is 0.899. The van der Waals surface area contributed by atoms with Crippen LogP contribution in [0.2, 0.25) is 0 Å². The molecule has 0 aliphatic rings. The van der Waals surface area contributed by atoms with Crippen LogP contribution in [0.4, 0.5) is 4.20 Å². The van der Waals surface area contributed by atoms with Crippen molar-refractivity contribution in [2.24, 2.45) is 0 Å². The van der Waals surface area contributed by atoms with E-state index in [9.17, 15) is 4.20 Å². The zero-order chi connectivity index (χ0) is 9.00. The molecule has 0 spiro atoms. The fourth-order valence-corrected chi connectivity index (χ4v) is 0. The average Bonchev–Trinajstić information content (AvgIpc) is 1.12. The molecule has 7 nitrogen and oxygen atoms in total. The van der Waals surface area contributed by atoms with Gasteiger partial charge in [-0.3, -0.25) is 13.7 Å². The van der Waals surface area contributed by atoms with Crippen molar-refractivity contribution >= 4 is 18.3 Å². The van der Waals surface area contributed by atoms with E-state index in [1.165, 1.54) is 0 Å². The van der Waals surface area contributed by atoms with Crippen LogP contribution in [0.3, 0.4) is 0 Å². The van der Waals surface area contributed by atoms with Crippen LogP contribution < -0.4 is 34.5 Å². The topological polar surface area (TPSA) is 135 Å². The Morgan fingerprint density at radius 2 is 1.36 bits per heavy atom. The molecule has 0 amide bonds. The summed E-state index contributed by atoms with van der Waals surface area (Å²) in [6, 6.07) is 0. The molecule has 0 saturated heterocycles. The SMILES string of the molecule is O=P([O-])(O)F.O=S(=O)(O)O.[Na+]. The van der Waals surface area contributed by atoms with E-state index in [2.05, 4.69) is 0 Å². The molecule has 0 saturated carbocycles. The largest absolute Gasteiger partial charge is 1.00 e. The molecule has 0 rings (SSSR count). The van der Waals surface area contributed by atoms with Gasteiger partial charge in [-0.25, -0.2) is 0 Å². The Morgan fingerprint density at radius 3 is 1.36 bits per heavy atom. The summed E-state index contributed by atoms with van der Waals surface area (Å²) < 4.78 is 50.4. The van der Waals surface area contributed by atoms with Crippen LogP contribution >= 0.6 is 7.91 Å². The fraction of sp³-hybridized carbons (Fsp3) is 0. The summed E-state index contributed by atoms with van der Waals surface area (Å²) in [6.45, 7) is 0. The Hall–Kier alpha value is 0.950. The molecular weight excluding hydrogens is 217 g/mol. The summed E-state index contributed by atoms with van der Waals surface area (Å²) in [5.41, 5.74) is 0. The molecule has 0 aliphatic heterocycles. The summed E-state index contributed by atoms with van der Waals surface area (Å²) in [6.07, 6.45) is 0. The molecule has 3 N–H and O–H groups in total. The van der Waals surface area contributed by atoms with Crippen LogP contribution in [0.1, 0.15) is 0 Å². The van der Waals surface area contributed by atoms with Crippen molar-refractivity contribution in [2.75, 3.05) is 0 Å². The molecule has 0 aliphatic carbocycles. The van der Waals surface area contributed by atoms with E-state index >= 15 is 0 Å². The molecule has 0 aromatic rings. The normalized spacial score (nSPS) is 15.0. The molecule has 0 aromatic carbocycles. The first-order chi connectivity index (χ1) is 4.00. The third-order valence-corrected chi connectivity index (χ3v) is 0. The van der Waals surface area contributed by atoms with Gasteiger partial charge in [0.05, 0.1) is 0 Å². The van der Waals surface area contributed by atoms with Gasteiger partial charge in [-0.05, 0) is 0 Å². The van der Waals surface area contributed by atoms with E-state index in [0.29, 0.717) is 0 Å². The van der Waals surface area contributed by atoms with Crippen LogP contribution in [0, 0.1) is 0 Å². The Labute approximate surface area is 83.8 Å². The van der Waals surface area contributed by atoms with Crippen molar-refractivity contribution in [1.82, 2.24) is 0 Å². The summed E-state index contributed by atoms with van der Waals surface area (Å²) in [7, 11) is -10.1. The van der Waals surface area contributed by atoms with Crippen LogP contribution in [0.15, 0.2) is 0 Å². The maximum Gasteiger partial charge on any atom is 1.00 e. The number of rotatable bonds is 0. The van der Waals surface area contributed by atoms with Gasteiger partial charge < -0.3 is 9.79 Å². The monoisotopic (exact) mass is 220 g/mol. The van der Waals surface area contributed by atoms with E-state index in [-0.39, 0.29) is 29.6 Å². The second kappa shape index (κ2) is 6.46. The third-order valence-electron chi connectivity index (χ3n) is 0.